The molecule has 32 heavy (non-hydrogen) atoms. The SMILES string of the molecule is Cc1cc(Nc2nc(C)cc(C)n2)cc([C@@H]2CCCN(C(=O)Cc3c(C)noc3C)C2)n1. The fraction of sp³-hybridized carbons (Fsp3) is 0.458. The molecule has 0 unspecified atom stereocenters. The third-order valence-electron chi connectivity index (χ3n) is 5.91. The standard InChI is InChI=1S/C24H30N6O2/c1-14-9-15(2)27-24(26-14)28-20-10-16(3)25-22(11-20)19-7-6-8-30(13-19)23(31)12-21-17(4)29-32-18(21)5/h9-11,19H,6-8,12-13H2,1-5H3,(H,25,26,27,28)/t19-/m1/s1. The van der Waals surface area contributed by atoms with Gasteiger partial charge in [0.2, 0.25) is 11.9 Å². The average molecular weight is 435 g/mol. The number of likely N-dealkylation sites (tertiary alicyclic amines) is 1. The summed E-state index contributed by atoms with van der Waals surface area (Å²) in [6.07, 6.45) is 2.29. The highest BCUT2D eigenvalue weighted by molar-refractivity contribution is 5.79. The van der Waals surface area contributed by atoms with Gasteiger partial charge in [-0.25, -0.2) is 9.97 Å². The van der Waals surface area contributed by atoms with Gasteiger partial charge in [0.25, 0.3) is 0 Å². The van der Waals surface area contributed by atoms with Gasteiger partial charge in [0.1, 0.15) is 5.76 Å². The minimum Gasteiger partial charge on any atom is -0.361 e. The van der Waals surface area contributed by atoms with Gasteiger partial charge < -0.3 is 14.7 Å². The molecule has 1 N–H and O–H groups in total. The molecule has 0 aromatic carbocycles. The van der Waals surface area contributed by atoms with Crippen molar-refractivity contribution in [1.29, 1.82) is 0 Å². The number of aryl methyl sites for hydroxylation is 5. The van der Waals surface area contributed by atoms with Crippen LogP contribution in [0.25, 0.3) is 0 Å². The molecular weight excluding hydrogens is 404 g/mol. The molecule has 4 rings (SSSR count). The number of hydrogen-bond acceptors (Lipinski definition) is 7. The molecule has 3 aromatic heterocycles. The van der Waals surface area contributed by atoms with E-state index in [-0.39, 0.29) is 11.8 Å². The molecule has 1 aliphatic rings. The Morgan fingerprint density at radius 1 is 1.06 bits per heavy atom. The Bertz CT molecular complexity index is 1100. The highest BCUT2D eigenvalue weighted by Gasteiger charge is 2.27. The van der Waals surface area contributed by atoms with Crippen LogP contribution in [0.1, 0.15) is 58.6 Å². The number of aromatic nitrogens is 4. The van der Waals surface area contributed by atoms with Crippen LogP contribution in [0.15, 0.2) is 22.7 Å². The van der Waals surface area contributed by atoms with E-state index < -0.39 is 0 Å². The molecule has 8 heteroatoms. The zero-order valence-corrected chi connectivity index (χ0v) is 19.4. The van der Waals surface area contributed by atoms with Crippen molar-refractivity contribution in [2.75, 3.05) is 18.4 Å². The normalized spacial score (nSPS) is 16.3. The molecule has 0 bridgehead atoms. The van der Waals surface area contributed by atoms with Crippen LogP contribution in [0, 0.1) is 34.6 Å². The van der Waals surface area contributed by atoms with E-state index in [0.29, 0.717) is 24.7 Å². The van der Waals surface area contributed by atoms with Crippen LogP contribution in [-0.4, -0.2) is 44.0 Å². The number of pyridine rings is 1. The van der Waals surface area contributed by atoms with Gasteiger partial charge in [-0.1, -0.05) is 5.16 Å². The minimum absolute atomic E-state index is 0.110. The predicted octanol–water partition coefficient (Wildman–Crippen LogP) is 4.09. The number of hydrogen-bond donors (Lipinski definition) is 1. The van der Waals surface area contributed by atoms with E-state index >= 15 is 0 Å². The number of nitrogens with zero attached hydrogens (tertiary/aromatic N) is 5. The lowest BCUT2D eigenvalue weighted by Crippen LogP contribution is -2.40. The monoisotopic (exact) mass is 434 g/mol. The van der Waals surface area contributed by atoms with Crippen LogP contribution in [-0.2, 0) is 11.2 Å². The van der Waals surface area contributed by atoms with Crippen molar-refractivity contribution in [1.82, 2.24) is 25.0 Å². The van der Waals surface area contributed by atoms with Crippen LogP contribution >= 0.6 is 0 Å². The van der Waals surface area contributed by atoms with Gasteiger partial charge in [-0.15, -0.1) is 0 Å². The van der Waals surface area contributed by atoms with E-state index in [1.54, 1.807) is 0 Å². The van der Waals surface area contributed by atoms with Gasteiger partial charge in [0, 0.05) is 53.0 Å². The molecule has 1 saturated heterocycles. The Kier molecular flexibility index (Phi) is 6.21. The largest absolute Gasteiger partial charge is 0.361 e. The van der Waals surface area contributed by atoms with Crippen molar-refractivity contribution in [2.24, 2.45) is 0 Å². The predicted molar refractivity (Wildman–Crippen MR) is 122 cm³/mol. The smallest absolute Gasteiger partial charge is 0.227 e. The lowest BCUT2D eigenvalue weighted by Gasteiger charge is -2.33. The average Bonchev–Trinajstić information content (AvgIpc) is 3.04. The Labute approximate surface area is 188 Å². The second kappa shape index (κ2) is 9.06. The lowest BCUT2D eigenvalue weighted by atomic mass is 9.93. The van der Waals surface area contributed by atoms with Gasteiger partial charge in [-0.2, -0.15) is 0 Å². The van der Waals surface area contributed by atoms with Crippen LogP contribution in [0.5, 0.6) is 0 Å². The zero-order valence-electron chi connectivity index (χ0n) is 19.4. The Morgan fingerprint density at radius 3 is 2.47 bits per heavy atom. The second-order valence-corrected chi connectivity index (χ2v) is 8.68. The van der Waals surface area contributed by atoms with Gasteiger partial charge >= 0.3 is 0 Å². The summed E-state index contributed by atoms with van der Waals surface area (Å²) in [5, 5.41) is 7.29. The first-order chi connectivity index (χ1) is 15.3. The van der Waals surface area contributed by atoms with Gasteiger partial charge in [0.15, 0.2) is 0 Å². The summed E-state index contributed by atoms with van der Waals surface area (Å²) in [5.41, 5.74) is 6.35. The number of anilines is 2. The fourth-order valence-electron chi connectivity index (χ4n) is 4.35. The molecular formula is C24H30N6O2. The molecule has 168 valence electrons. The van der Waals surface area contributed by atoms with Crippen LogP contribution < -0.4 is 5.32 Å². The van der Waals surface area contributed by atoms with Crippen molar-refractivity contribution >= 4 is 17.5 Å². The molecule has 1 aliphatic heterocycles. The number of nitrogens with one attached hydrogen (secondary N) is 1. The Balaban J connectivity index is 1.50. The maximum atomic E-state index is 13.0. The van der Waals surface area contributed by atoms with Gasteiger partial charge in [-0.05, 0) is 65.7 Å². The summed E-state index contributed by atoms with van der Waals surface area (Å²) in [7, 11) is 0. The van der Waals surface area contributed by atoms with Crippen LogP contribution in [0.4, 0.5) is 11.6 Å². The van der Waals surface area contributed by atoms with Crippen molar-refractivity contribution in [3.8, 4) is 0 Å². The molecule has 0 saturated carbocycles. The molecule has 1 atom stereocenters. The van der Waals surface area contributed by atoms with Gasteiger partial charge in [-0.3, -0.25) is 9.78 Å². The lowest BCUT2D eigenvalue weighted by molar-refractivity contribution is -0.131. The number of carbonyl (C=O) groups is 1. The summed E-state index contributed by atoms with van der Waals surface area (Å²) in [6.45, 7) is 11.1. The maximum absolute atomic E-state index is 13.0. The molecule has 4 heterocycles. The molecule has 3 aromatic rings. The number of carbonyl (C=O) groups excluding carboxylic acids is 1. The van der Waals surface area contributed by atoms with Crippen molar-refractivity contribution in [2.45, 2.75) is 59.8 Å². The molecule has 0 radical (unpaired) electrons. The summed E-state index contributed by atoms with van der Waals surface area (Å²) in [4.78, 5) is 28.7. The van der Waals surface area contributed by atoms with Crippen molar-refractivity contribution in [3.05, 3.63) is 58.0 Å². The summed E-state index contributed by atoms with van der Waals surface area (Å²) in [6, 6.07) is 6.00. The van der Waals surface area contributed by atoms with E-state index in [9.17, 15) is 4.79 Å². The topological polar surface area (TPSA) is 97.0 Å². The number of piperidine rings is 1. The van der Waals surface area contributed by atoms with Crippen LogP contribution in [0.3, 0.4) is 0 Å². The highest BCUT2D eigenvalue weighted by atomic mass is 16.5. The second-order valence-electron chi connectivity index (χ2n) is 8.68. The van der Waals surface area contributed by atoms with Gasteiger partial charge in [0.05, 0.1) is 12.1 Å². The maximum Gasteiger partial charge on any atom is 0.227 e. The van der Waals surface area contributed by atoms with Crippen molar-refractivity contribution in [3.63, 3.8) is 0 Å². The van der Waals surface area contributed by atoms with E-state index in [2.05, 4.69) is 26.5 Å². The molecule has 0 spiro atoms. The quantitative estimate of drug-likeness (QED) is 0.646. The first-order valence-electron chi connectivity index (χ1n) is 11.1. The summed E-state index contributed by atoms with van der Waals surface area (Å²) in [5.74, 6) is 1.60. The van der Waals surface area contributed by atoms with E-state index in [0.717, 1.165) is 59.1 Å². The minimum atomic E-state index is 0.110. The van der Waals surface area contributed by atoms with E-state index in [1.165, 1.54) is 0 Å². The first kappa shape index (κ1) is 21.9. The fourth-order valence-corrected chi connectivity index (χ4v) is 4.35. The Morgan fingerprint density at radius 2 is 1.78 bits per heavy atom. The van der Waals surface area contributed by atoms with Crippen LogP contribution in [0.2, 0.25) is 0 Å². The Hall–Kier alpha value is -3.29. The third kappa shape index (κ3) is 4.95. The molecule has 1 amide bonds. The summed E-state index contributed by atoms with van der Waals surface area (Å²) >= 11 is 0. The van der Waals surface area contributed by atoms with E-state index in [1.807, 2.05) is 51.7 Å². The summed E-state index contributed by atoms with van der Waals surface area (Å²) < 4.78 is 5.22. The molecule has 1 fully saturated rings. The van der Waals surface area contributed by atoms with E-state index in [4.69, 9.17) is 9.51 Å². The van der Waals surface area contributed by atoms with Crippen molar-refractivity contribution < 1.29 is 9.32 Å². The molecule has 0 aliphatic carbocycles. The number of rotatable bonds is 5. The highest BCUT2D eigenvalue weighted by Crippen LogP contribution is 2.29. The molecule has 8 nitrogen and oxygen atoms in total. The first-order valence-corrected chi connectivity index (χ1v) is 11.1. The zero-order chi connectivity index (χ0) is 22.8. The third-order valence-corrected chi connectivity index (χ3v) is 5.91. The number of amides is 1.